The minimum Gasteiger partial charge on any atom is -0.380 e. The number of benzene rings is 2. The van der Waals surface area contributed by atoms with Crippen molar-refractivity contribution >= 4 is 28.5 Å². The first-order valence-corrected chi connectivity index (χ1v) is 9.99. The zero-order chi connectivity index (χ0) is 20.1. The largest absolute Gasteiger partial charge is 0.380 e. The Labute approximate surface area is 170 Å². The highest BCUT2D eigenvalue weighted by Crippen LogP contribution is 2.27. The molecule has 148 valence electrons. The molecule has 0 aliphatic carbocycles. The van der Waals surface area contributed by atoms with Crippen LogP contribution in [0.3, 0.4) is 0 Å². The van der Waals surface area contributed by atoms with Crippen LogP contribution in [0.2, 0.25) is 5.02 Å². The van der Waals surface area contributed by atoms with E-state index in [1.165, 1.54) is 0 Å². The molecule has 1 amide bonds. The predicted molar refractivity (Wildman–Crippen MR) is 113 cm³/mol. The number of primary amides is 1. The van der Waals surface area contributed by atoms with Gasteiger partial charge in [-0.2, -0.15) is 0 Å². The van der Waals surface area contributed by atoms with E-state index in [0.29, 0.717) is 26.1 Å². The number of amides is 1. The molecule has 0 unspecified atom stereocenters. The second-order valence-corrected chi connectivity index (χ2v) is 7.37. The molecular formula is C22H26ClN3O2. The first-order valence-electron chi connectivity index (χ1n) is 9.61. The fourth-order valence-corrected chi connectivity index (χ4v) is 3.36. The molecule has 2 aromatic carbocycles. The molecule has 6 heteroatoms. The maximum atomic E-state index is 11.4. The van der Waals surface area contributed by atoms with E-state index < -0.39 is 0 Å². The summed E-state index contributed by atoms with van der Waals surface area (Å²) in [7, 11) is 0. The lowest BCUT2D eigenvalue weighted by Gasteiger charge is -2.11. The van der Waals surface area contributed by atoms with Gasteiger partial charge in [0.05, 0.1) is 17.6 Å². The van der Waals surface area contributed by atoms with Crippen LogP contribution in [0.5, 0.6) is 0 Å². The smallest absolute Gasteiger partial charge is 0.220 e. The molecule has 0 saturated carbocycles. The third kappa shape index (κ3) is 4.72. The van der Waals surface area contributed by atoms with Crippen LogP contribution in [-0.4, -0.2) is 28.7 Å². The summed E-state index contributed by atoms with van der Waals surface area (Å²) in [4.78, 5) is 16.2. The molecule has 0 aliphatic rings. The summed E-state index contributed by atoms with van der Waals surface area (Å²) in [5.41, 5.74) is 9.60. The van der Waals surface area contributed by atoms with E-state index in [1.807, 2.05) is 38.1 Å². The van der Waals surface area contributed by atoms with Gasteiger partial charge < -0.3 is 15.0 Å². The van der Waals surface area contributed by atoms with Crippen LogP contribution < -0.4 is 5.73 Å². The van der Waals surface area contributed by atoms with Gasteiger partial charge in [0.1, 0.15) is 5.82 Å². The number of aryl methyl sites for hydroxylation is 1. The van der Waals surface area contributed by atoms with E-state index in [-0.39, 0.29) is 11.8 Å². The van der Waals surface area contributed by atoms with Gasteiger partial charge in [-0.25, -0.2) is 4.98 Å². The van der Waals surface area contributed by atoms with Crippen molar-refractivity contribution in [3.63, 3.8) is 0 Å². The number of imidazole rings is 1. The summed E-state index contributed by atoms with van der Waals surface area (Å²) in [5, 5.41) is 0.718. The number of ether oxygens (including phenoxy) is 1. The van der Waals surface area contributed by atoms with Gasteiger partial charge in [0.15, 0.2) is 0 Å². The number of rotatable bonds is 9. The number of hydrogen-bond donors (Lipinski definition) is 1. The first kappa shape index (κ1) is 20.4. The molecule has 28 heavy (non-hydrogen) atoms. The third-order valence-electron chi connectivity index (χ3n) is 4.95. The molecule has 1 aromatic heterocycles. The molecule has 1 atom stereocenters. The van der Waals surface area contributed by atoms with Gasteiger partial charge in [0.25, 0.3) is 0 Å². The highest BCUT2D eigenvalue weighted by Gasteiger charge is 2.15. The molecule has 0 radical (unpaired) electrons. The molecule has 2 N–H and O–H groups in total. The lowest BCUT2D eigenvalue weighted by molar-refractivity contribution is -0.121. The lowest BCUT2D eigenvalue weighted by atomic mass is 10.1. The van der Waals surface area contributed by atoms with Crippen LogP contribution in [0.1, 0.15) is 26.1 Å². The molecule has 0 saturated heterocycles. The number of carbonyl (C=O) groups excluding carboxylic acids is 1. The van der Waals surface area contributed by atoms with Crippen molar-refractivity contribution in [2.75, 3.05) is 13.2 Å². The van der Waals surface area contributed by atoms with Crippen LogP contribution >= 0.6 is 11.6 Å². The van der Waals surface area contributed by atoms with E-state index in [2.05, 4.69) is 22.8 Å². The standard InChI is InChI=1S/C22H26ClN3O2/c1-3-28-13-12-26-20-10-7-17(16-5-8-18(23)9-6-16)14-19(20)25-21(26)11-4-15(2)22(24)27/h5-10,14-15H,3-4,11-13H2,1-2H3,(H2,24,27)/t15-/m1/s1. The summed E-state index contributed by atoms with van der Waals surface area (Å²) in [6.45, 7) is 5.87. The van der Waals surface area contributed by atoms with E-state index in [9.17, 15) is 4.79 Å². The fraction of sp³-hybridized carbons (Fsp3) is 0.364. The molecule has 1 heterocycles. The van der Waals surface area contributed by atoms with Crippen molar-refractivity contribution in [3.05, 3.63) is 53.3 Å². The Bertz CT molecular complexity index is 950. The van der Waals surface area contributed by atoms with Crippen LogP contribution in [0, 0.1) is 5.92 Å². The van der Waals surface area contributed by atoms with Gasteiger partial charge >= 0.3 is 0 Å². The topological polar surface area (TPSA) is 70.1 Å². The molecule has 5 nitrogen and oxygen atoms in total. The van der Waals surface area contributed by atoms with Gasteiger partial charge in [-0.15, -0.1) is 0 Å². The van der Waals surface area contributed by atoms with Gasteiger partial charge in [0, 0.05) is 30.5 Å². The lowest BCUT2D eigenvalue weighted by Crippen LogP contribution is -2.21. The number of carbonyl (C=O) groups is 1. The molecule has 0 fully saturated rings. The molecule has 0 spiro atoms. The Hall–Kier alpha value is -2.37. The van der Waals surface area contributed by atoms with E-state index in [0.717, 1.165) is 39.6 Å². The van der Waals surface area contributed by atoms with E-state index in [1.54, 1.807) is 0 Å². The maximum absolute atomic E-state index is 11.4. The third-order valence-corrected chi connectivity index (χ3v) is 5.21. The average Bonchev–Trinajstić information content (AvgIpc) is 3.03. The number of aromatic nitrogens is 2. The molecule has 3 aromatic rings. The molecule has 3 rings (SSSR count). The van der Waals surface area contributed by atoms with Crippen molar-refractivity contribution in [2.24, 2.45) is 11.7 Å². The SMILES string of the molecule is CCOCCn1c(CC[C@@H](C)C(N)=O)nc2cc(-c3ccc(Cl)cc3)ccc21. The monoisotopic (exact) mass is 399 g/mol. The molecular weight excluding hydrogens is 374 g/mol. The van der Waals surface area contributed by atoms with E-state index in [4.69, 9.17) is 27.1 Å². The Balaban J connectivity index is 1.93. The summed E-state index contributed by atoms with van der Waals surface area (Å²) in [5.74, 6) is 0.503. The number of hydrogen-bond acceptors (Lipinski definition) is 3. The zero-order valence-electron chi connectivity index (χ0n) is 16.3. The molecule has 0 bridgehead atoms. The summed E-state index contributed by atoms with van der Waals surface area (Å²) < 4.78 is 7.73. The fourth-order valence-electron chi connectivity index (χ4n) is 3.23. The van der Waals surface area contributed by atoms with Crippen molar-refractivity contribution < 1.29 is 9.53 Å². The highest BCUT2D eigenvalue weighted by molar-refractivity contribution is 6.30. The minimum absolute atomic E-state index is 0.176. The van der Waals surface area contributed by atoms with Crippen molar-refractivity contribution in [2.45, 2.75) is 33.2 Å². The van der Waals surface area contributed by atoms with E-state index >= 15 is 0 Å². The quantitative estimate of drug-likeness (QED) is 0.540. The highest BCUT2D eigenvalue weighted by atomic mass is 35.5. The van der Waals surface area contributed by atoms with Crippen LogP contribution in [0.25, 0.3) is 22.2 Å². The zero-order valence-corrected chi connectivity index (χ0v) is 17.1. The van der Waals surface area contributed by atoms with Gasteiger partial charge in [-0.05, 0) is 48.7 Å². The normalized spacial score (nSPS) is 12.4. The Morgan fingerprint density at radius 3 is 2.61 bits per heavy atom. The predicted octanol–water partition coefficient (Wildman–Crippen LogP) is 4.45. The van der Waals surface area contributed by atoms with Crippen molar-refractivity contribution in [3.8, 4) is 11.1 Å². The second-order valence-electron chi connectivity index (χ2n) is 6.93. The van der Waals surface area contributed by atoms with Gasteiger partial charge in [-0.3, -0.25) is 4.79 Å². The first-order chi connectivity index (χ1) is 13.5. The minimum atomic E-state index is -0.276. The Morgan fingerprint density at radius 2 is 1.93 bits per heavy atom. The van der Waals surface area contributed by atoms with Crippen LogP contribution in [0.4, 0.5) is 0 Å². The van der Waals surface area contributed by atoms with Gasteiger partial charge in [0.2, 0.25) is 5.91 Å². The summed E-state index contributed by atoms with van der Waals surface area (Å²) in [6.07, 6.45) is 1.37. The molecule has 0 aliphatic heterocycles. The van der Waals surface area contributed by atoms with Crippen molar-refractivity contribution in [1.29, 1.82) is 0 Å². The number of nitrogens with zero attached hydrogens (tertiary/aromatic N) is 2. The summed E-state index contributed by atoms with van der Waals surface area (Å²) in [6, 6.07) is 14.1. The van der Waals surface area contributed by atoms with Gasteiger partial charge in [-0.1, -0.05) is 36.7 Å². The Morgan fingerprint density at radius 1 is 1.21 bits per heavy atom. The number of nitrogens with two attached hydrogens (primary N) is 1. The van der Waals surface area contributed by atoms with Crippen LogP contribution in [0.15, 0.2) is 42.5 Å². The van der Waals surface area contributed by atoms with Crippen molar-refractivity contribution in [1.82, 2.24) is 9.55 Å². The summed E-state index contributed by atoms with van der Waals surface area (Å²) >= 11 is 6.00. The van der Waals surface area contributed by atoms with Crippen LogP contribution in [-0.2, 0) is 22.5 Å². The maximum Gasteiger partial charge on any atom is 0.220 e. The Kier molecular flexibility index (Phi) is 6.70. The average molecular weight is 400 g/mol. The second kappa shape index (κ2) is 9.22. The number of fused-ring (bicyclic) bond motifs is 1. The number of halogens is 1.